The Morgan fingerprint density at radius 3 is 2.83 bits per heavy atom. The van der Waals surface area contributed by atoms with Crippen molar-refractivity contribution in [3.8, 4) is 11.5 Å². The van der Waals surface area contributed by atoms with Gasteiger partial charge in [0.15, 0.2) is 11.5 Å². The number of aliphatic carboxylic acids is 1. The molecule has 1 rings (SSSR count). The Hall–Kier alpha value is -1.94. The first-order valence-electron chi connectivity index (χ1n) is 5.14. The van der Waals surface area contributed by atoms with Gasteiger partial charge in [-0.05, 0) is 29.8 Å². The van der Waals surface area contributed by atoms with Crippen molar-refractivity contribution < 1.29 is 19.4 Å². The van der Waals surface area contributed by atoms with E-state index in [0.29, 0.717) is 23.7 Å². The van der Waals surface area contributed by atoms with Crippen LogP contribution in [0.2, 0.25) is 0 Å². The highest BCUT2D eigenvalue weighted by Crippen LogP contribution is 2.28. The SMILES string of the molecule is COc1ccc(/C=C/C(=O)O)cc1OC/C=C/Cl. The summed E-state index contributed by atoms with van der Waals surface area (Å²) in [7, 11) is 1.53. The van der Waals surface area contributed by atoms with E-state index < -0.39 is 5.97 Å². The van der Waals surface area contributed by atoms with Crippen LogP contribution < -0.4 is 9.47 Å². The largest absolute Gasteiger partial charge is 0.493 e. The molecule has 0 aliphatic heterocycles. The van der Waals surface area contributed by atoms with Crippen LogP contribution in [0.3, 0.4) is 0 Å². The molecule has 0 aliphatic carbocycles. The molecule has 1 aromatic carbocycles. The van der Waals surface area contributed by atoms with Crippen LogP contribution in [0.5, 0.6) is 11.5 Å². The summed E-state index contributed by atoms with van der Waals surface area (Å²) in [6, 6.07) is 5.14. The van der Waals surface area contributed by atoms with Gasteiger partial charge in [-0.1, -0.05) is 17.7 Å². The van der Waals surface area contributed by atoms with Gasteiger partial charge in [-0.25, -0.2) is 4.79 Å². The van der Waals surface area contributed by atoms with Crippen LogP contribution in [0.1, 0.15) is 5.56 Å². The summed E-state index contributed by atoms with van der Waals surface area (Å²) < 4.78 is 10.6. The number of methoxy groups -OCH3 is 1. The average molecular weight is 269 g/mol. The maximum absolute atomic E-state index is 10.4. The molecular weight excluding hydrogens is 256 g/mol. The first-order valence-corrected chi connectivity index (χ1v) is 5.58. The number of benzene rings is 1. The summed E-state index contributed by atoms with van der Waals surface area (Å²) in [4.78, 5) is 10.4. The van der Waals surface area contributed by atoms with Gasteiger partial charge in [-0.2, -0.15) is 0 Å². The Morgan fingerprint density at radius 2 is 2.22 bits per heavy atom. The van der Waals surface area contributed by atoms with Crippen molar-refractivity contribution in [3.05, 3.63) is 41.4 Å². The summed E-state index contributed by atoms with van der Waals surface area (Å²) >= 11 is 5.39. The molecule has 96 valence electrons. The first-order chi connectivity index (χ1) is 8.67. The van der Waals surface area contributed by atoms with Gasteiger partial charge in [-0.15, -0.1) is 0 Å². The van der Waals surface area contributed by atoms with Crippen LogP contribution in [0, 0.1) is 0 Å². The predicted octanol–water partition coefficient (Wildman–Crippen LogP) is 2.92. The zero-order valence-corrected chi connectivity index (χ0v) is 10.6. The lowest BCUT2D eigenvalue weighted by molar-refractivity contribution is -0.131. The summed E-state index contributed by atoms with van der Waals surface area (Å²) in [6.07, 6.45) is 4.18. The third-order valence-electron chi connectivity index (χ3n) is 2.03. The highest BCUT2D eigenvalue weighted by molar-refractivity contribution is 6.25. The van der Waals surface area contributed by atoms with Crippen LogP contribution in [0.4, 0.5) is 0 Å². The molecule has 0 aliphatic rings. The maximum Gasteiger partial charge on any atom is 0.328 e. The van der Waals surface area contributed by atoms with Crippen molar-refractivity contribution >= 4 is 23.6 Å². The van der Waals surface area contributed by atoms with Crippen LogP contribution in [-0.2, 0) is 4.79 Å². The second-order valence-electron chi connectivity index (χ2n) is 3.25. The zero-order valence-electron chi connectivity index (χ0n) is 9.80. The van der Waals surface area contributed by atoms with Crippen LogP contribution >= 0.6 is 11.6 Å². The summed E-state index contributed by atoms with van der Waals surface area (Å²) in [5.41, 5.74) is 2.07. The lowest BCUT2D eigenvalue weighted by Crippen LogP contribution is -1.96. The molecule has 0 aromatic heterocycles. The fraction of sp³-hybridized carbons (Fsp3) is 0.154. The van der Waals surface area contributed by atoms with Crippen molar-refractivity contribution in [2.24, 2.45) is 0 Å². The molecule has 1 aromatic rings. The molecule has 0 spiro atoms. The second kappa shape index (κ2) is 7.40. The zero-order chi connectivity index (χ0) is 13.4. The van der Waals surface area contributed by atoms with Gasteiger partial charge < -0.3 is 14.6 Å². The molecule has 0 unspecified atom stereocenters. The number of carboxylic acids is 1. The monoisotopic (exact) mass is 268 g/mol. The Kier molecular flexibility index (Phi) is 5.80. The van der Waals surface area contributed by atoms with E-state index in [2.05, 4.69) is 0 Å². The Bertz CT molecular complexity index is 466. The second-order valence-corrected chi connectivity index (χ2v) is 3.51. The molecular formula is C13H13ClO4. The molecule has 0 fully saturated rings. The van der Waals surface area contributed by atoms with Gasteiger partial charge in [0.1, 0.15) is 6.61 Å². The average Bonchev–Trinajstić information content (AvgIpc) is 2.37. The third-order valence-corrected chi connectivity index (χ3v) is 2.21. The number of halogens is 1. The van der Waals surface area contributed by atoms with Crippen LogP contribution in [0.15, 0.2) is 35.9 Å². The van der Waals surface area contributed by atoms with Gasteiger partial charge in [0.25, 0.3) is 0 Å². The molecule has 4 nitrogen and oxygen atoms in total. The number of carboxylic acid groups (broad SMARTS) is 1. The fourth-order valence-electron chi connectivity index (χ4n) is 1.25. The van der Waals surface area contributed by atoms with E-state index in [0.717, 1.165) is 6.08 Å². The van der Waals surface area contributed by atoms with E-state index in [1.54, 1.807) is 24.3 Å². The minimum Gasteiger partial charge on any atom is -0.493 e. The Balaban J connectivity index is 2.90. The number of ether oxygens (including phenoxy) is 2. The topological polar surface area (TPSA) is 55.8 Å². The number of carbonyl (C=O) groups is 1. The fourth-order valence-corrected chi connectivity index (χ4v) is 1.32. The molecule has 0 saturated heterocycles. The predicted molar refractivity (Wildman–Crippen MR) is 70.2 cm³/mol. The molecule has 0 radical (unpaired) electrons. The molecule has 5 heteroatoms. The molecule has 0 amide bonds. The van der Waals surface area contributed by atoms with E-state index in [1.807, 2.05) is 0 Å². The first kappa shape index (κ1) is 14.1. The van der Waals surface area contributed by atoms with Gasteiger partial charge in [0.05, 0.1) is 7.11 Å². The summed E-state index contributed by atoms with van der Waals surface area (Å²) in [5, 5.41) is 8.55. The number of hydrogen-bond acceptors (Lipinski definition) is 3. The Morgan fingerprint density at radius 1 is 1.44 bits per heavy atom. The standard InChI is InChI=1S/C13H13ClO4/c1-17-11-5-3-10(4-6-13(15)16)9-12(11)18-8-2-7-14/h2-7,9H,8H2,1H3,(H,15,16)/b6-4+,7-2+. The van der Waals surface area contributed by atoms with Crippen molar-refractivity contribution in [2.45, 2.75) is 0 Å². The van der Waals surface area contributed by atoms with Crippen molar-refractivity contribution in [3.63, 3.8) is 0 Å². The van der Waals surface area contributed by atoms with Gasteiger partial charge in [0.2, 0.25) is 0 Å². The quantitative estimate of drug-likeness (QED) is 0.806. The highest BCUT2D eigenvalue weighted by atomic mass is 35.5. The van der Waals surface area contributed by atoms with E-state index in [4.69, 9.17) is 26.2 Å². The van der Waals surface area contributed by atoms with Crippen molar-refractivity contribution in [2.75, 3.05) is 13.7 Å². The van der Waals surface area contributed by atoms with Gasteiger partial charge >= 0.3 is 5.97 Å². The normalized spacial score (nSPS) is 11.0. The minimum absolute atomic E-state index is 0.311. The minimum atomic E-state index is -1.00. The lowest BCUT2D eigenvalue weighted by atomic mass is 10.2. The van der Waals surface area contributed by atoms with Crippen LogP contribution in [0.25, 0.3) is 6.08 Å². The van der Waals surface area contributed by atoms with E-state index >= 15 is 0 Å². The molecule has 0 heterocycles. The van der Waals surface area contributed by atoms with E-state index in [-0.39, 0.29) is 0 Å². The third kappa shape index (κ3) is 4.51. The van der Waals surface area contributed by atoms with E-state index in [1.165, 1.54) is 18.7 Å². The van der Waals surface area contributed by atoms with E-state index in [9.17, 15) is 4.79 Å². The molecule has 0 bridgehead atoms. The maximum atomic E-state index is 10.4. The van der Waals surface area contributed by atoms with Gasteiger partial charge in [0, 0.05) is 11.6 Å². The molecule has 0 saturated carbocycles. The molecule has 0 atom stereocenters. The van der Waals surface area contributed by atoms with Crippen LogP contribution in [-0.4, -0.2) is 24.8 Å². The lowest BCUT2D eigenvalue weighted by Gasteiger charge is -2.09. The summed E-state index contributed by atoms with van der Waals surface area (Å²) in [5.74, 6) is 0.101. The highest BCUT2D eigenvalue weighted by Gasteiger charge is 2.04. The Labute approximate surface area is 110 Å². The van der Waals surface area contributed by atoms with Gasteiger partial charge in [-0.3, -0.25) is 0 Å². The number of rotatable bonds is 6. The van der Waals surface area contributed by atoms with Crippen molar-refractivity contribution in [1.29, 1.82) is 0 Å². The summed E-state index contributed by atoms with van der Waals surface area (Å²) in [6.45, 7) is 0.311. The molecule has 1 N–H and O–H groups in total. The number of hydrogen-bond donors (Lipinski definition) is 1. The smallest absolute Gasteiger partial charge is 0.328 e. The molecule has 18 heavy (non-hydrogen) atoms. The van der Waals surface area contributed by atoms with Crippen molar-refractivity contribution in [1.82, 2.24) is 0 Å².